The Labute approximate surface area is 201 Å². The van der Waals surface area contributed by atoms with Crippen molar-refractivity contribution in [2.75, 3.05) is 13.1 Å². The highest BCUT2D eigenvalue weighted by atomic mass is 35.5. The SMILES string of the molecule is C=CCC[C@@H](O)CN(Cc1c(-c2ccccc2)nn(C)c1Oc1ccccc1Cl)CC1CC1. The number of hydrogen-bond acceptors (Lipinski definition) is 4. The molecule has 0 bridgehead atoms. The van der Waals surface area contributed by atoms with Gasteiger partial charge >= 0.3 is 0 Å². The van der Waals surface area contributed by atoms with Gasteiger partial charge in [-0.1, -0.05) is 60.1 Å². The highest BCUT2D eigenvalue weighted by molar-refractivity contribution is 6.32. The minimum absolute atomic E-state index is 0.397. The maximum absolute atomic E-state index is 10.6. The number of ether oxygens (including phenoxy) is 1. The van der Waals surface area contributed by atoms with Crippen molar-refractivity contribution in [2.24, 2.45) is 13.0 Å². The molecule has 33 heavy (non-hydrogen) atoms. The van der Waals surface area contributed by atoms with E-state index in [1.54, 1.807) is 4.68 Å². The van der Waals surface area contributed by atoms with Crippen molar-refractivity contribution in [2.45, 2.75) is 38.3 Å². The zero-order chi connectivity index (χ0) is 23.2. The van der Waals surface area contributed by atoms with Gasteiger partial charge in [0, 0.05) is 32.2 Å². The van der Waals surface area contributed by atoms with E-state index in [2.05, 4.69) is 23.6 Å². The molecular weight excluding hydrogens is 434 g/mol. The molecule has 0 aliphatic heterocycles. The summed E-state index contributed by atoms with van der Waals surface area (Å²) in [5.41, 5.74) is 2.93. The molecule has 0 radical (unpaired) electrons. The lowest BCUT2D eigenvalue weighted by atomic mass is 10.1. The first kappa shape index (κ1) is 23.6. The van der Waals surface area contributed by atoms with Crippen molar-refractivity contribution in [3.8, 4) is 22.9 Å². The van der Waals surface area contributed by atoms with Gasteiger partial charge in [-0.2, -0.15) is 5.10 Å². The lowest BCUT2D eigenvalue weighted by Gasteiger charge is -2.25. The summed E-state index contributed by atoms with van der Waals surface area (Å²) in [5, 5.41) is 16.0. The van der Waals surface area contributed by atoms with Crippen LogP contribution in [0.4, 0.5) is 0 Å². The van der Waals surface area contributed by atoms with E-state index in [0.717, 1.165) is 29.8 Å². The first-order chi connectivity index (χ1) is 16.0. The summed E-state index contributed by atoms with van der Waals surface area (Å²) in [6.07, 6.45) is 5.49. The van der Waals surface area contributed by atoms with Gasteiger partial charge in [-0.05, 0) is 43.7 Å². The molecule has 1 aliphatic rings. The van der Waals surface area contributed by atoms with E-state index in [4.69, 9.17) is 21.4 Å². The molecule has 3 aromatic rings. The molecule has 1 aliphatic carbocycles. The molecule has 1 fully saturated rings. The van der Waals surface area contributed by atoms with Crippen LogP contribution < -0.4 is 4.74 Å². The second kappa shape index (κ2) is 11.0. The summed E-state index contributed by atoms with van der Waals surface area (Å²) in [6.45, 7) is 5.99. The van der Waals surface area contributed by atoms with Gasteiger partial charge in [-0.25, -0.2) is 4.68 Å². The van der Waals surface area contributed by atoms with Gasteiger partial charge < -0.3 is 9.84 Å². The third kappa shape index (κ3) is 6.26. The fraction of sp³-hybridized carbons (Fsp3) is 0.370. The summed E-state index contributed by atoms with van der Waals surface area (Å²) >= 11 is 6.40. The van der Waals surface area contributed by atoms with E-state index in [9.17, 15) is 5.11 Å². The zero-order valence-electron chi connectivity index (χ0n) is 19.2. The van der Waals surface area contributed by atoms with Crippen LogP contribution in [0, 0.1) is 5.92 Å². The Morgan fingerprint density at radius 1 is 1.21 bits per heavy atom. The van der Waals surface area contributed by atoms with Gasteiger partial charge in [0.25, 0.3) is 0 Å². The predicted molar refractivity (Wildman–Crippen MR) is 134 cm³/mol. The van der Waals surface area contributed by atoms with Crippen molar-refractivity contribution in [3.05, 3.63) is 77.8 Å². The van der Waals surface area contributed by atoms with Crippen LogP contribution >= 0.6 is 11.6 Å². The van der Waals surface area contributed by atoms with Crippen LogP contribution in [0.15, 0.2) is 67.3 Å². The maximum atomic E-state index is 10.6. The second-order valence-electron chi connectivity index (χ2n) is 8.81. The molecule has 5 nitrogen and oxygen atoms in total. The van der Waals surface area contributed by atoms with Gasteiger partial charge in [0.1, 0.15) is 11.4 Å². The van der Waals surface area contributed by atoms with Crippen molar-refractivity contribution >= 4 is 11.6 Å². The number of aromatic nitrogens is 2. The number of aliphatic hydroxyl groups is 1. The smallest absolute Gasteiger partial charge is 0.222 e. The average Bonchev–Trinajstić information content (AvgIpc) is 3.58. The number of aliphatic hydroxyl groups excluding tert-OH is 1. The molecular formula is C27H32ClN3O2. The Morgan fingerprint density at radius 2 is 1.94 bits per heavy atom. The number of aryl methyl sites for hydroxylation is 1. The van der Waals surface area contributed by atoms with Gasteiger partial charge in [-0.15, -0.1) is 6.58 Å². The Hall–Kier alpha value is -2.60. The molecule has 0 saturated heterocycles. The van der Waals surface area contributed by atoms with Gasteiger partial charge in [0.05, 0.1) is 16.7 Å². The Balaban J connectivity index is 1.68. The van der Waals surface area contributed by atoms with Crippen LogP contribution in [0.25, 0.3) is 11.3 Å². The maximum Gasteiger partial charge on any atom is 0.222 e. The molecule has 1 N–H and O–H groups in total. The summed E-state index contributed by atoms with van der Waals surface area (Å²) < 4.78 is 8.11. The molecule has 1 aromatic heterocycles. The number of rotatable bonds is 12. The van der Waals surface area contributed by atoms with Crippen molar-refractivity contribution in [1.29, 1.82) is 0 Å². The van der Waals surface area contributed by atoms with E-state index in [1.165, 1.54) is 12.8 Å². The monoisotopic (exact) mass is 465 g/mol. The number of hydrogen-bond donors (Lipinski definition) is 1. The first-order valence-corrected chi connectivity index (χ1v) is 12.0. The van der Waals surface area contributed by atoms with E-state index in [1.807, 2.05) is 55.6 Å². The Kier molecular flexibility index (Phi) is 7.86. The molecule has 1 atom stereocenters. The summed E-state index contributed by atoms with van der Waals surface area (Å²) in [7, 11) is 1.90. The van der Waals surface area contributed by atoms with Gasteiger partial charge in [-0.3, -0.25) is 4.90 Å². The van der Waals surface area contributed by atoms with Gasteiger partial charge in [0.15, 0.2) is 0 Å². The minimum atomic E-state index is -0.397. The highest BCUT2D eigenvalue weighted by Gasteiger charge is 2.28. The van der Waals surface area contributed by atoms with Gasteiger partial charge in [0.2, 0.25) is 5.88 Å². The summed E-state index contributed by atoms with van der Waals surface area (Å²) in [6, 6.07) is 17.6. The topological polar surface area (TPSA) is 50.5 Å². The normalized spacial score (nSPS) is 14.4. The molecule has 6 heteroatoms. The van der Waals surface area contributed by atoms with Crippen LogP contribution in [0.1, 0.15) is 31.2 Å². The van der Waals surface area contributed by atoms with Crippen LogP contribution in [-0.4, -0.2) is 39.0 Å². The van der Waals surface area contributed by atoms with E-state index in [0.29, 0.717) is 42.1 Å². The van der Waals surface area contributed by atoms with Crippen molar-refractivity contribution in [1.82, 2.24) is 14.7 Å². The number of para-hydroxylation sites is 1. The molecule has 2 aromatic carbocycles. The van der Waals surface area contributed by atoms with Crippen LogP contribution in [-0.2, 0) is 13.6 Å². The molecule has 1 heterocycles. The quantitative estimate of drug-likeness (QED) is 0.330. The Morgan fingerprint density at radius 3 is 2.64 bits per heavy atom. The van der Waals surface area contributed by atoms with Crippen LogP contribution in [0.5, 0.6) is 11.6 Å². The van der Waals surface area contributed by atoms with Crippen molar-refractivity contribution in [3.63, 3.8) is 0 Å². The number of allylic oxidation sites excluding steroid dienone is 1. The lowest BCUT2D eigenvalue weighted by molar-refractivity contribution is 0.0992. The summed E-state index contributed by atoms with van der Waals surface area (Å²) in [5.74, 6) is 1.97. The molecule has 0 spiro atoms. The lowest BCUT2D eigenvalue weighted by Crippen LogP contribution is -2.33. The molecule has 0 unspecified atom stereocenters. The number of nitrogens with zero attached hydrogens (tertiary/aromatic N) is 3. The molecule has 0 amide bonds. The first-order valence-electron chi connectivity index (χ1n) is 11.6. The number of benzene rings is 2. The minimum Gasteiger partial charge on any atom is -0.437 e. The Bertz CT molecular complexity index is 1060. The standard InChI is InChI=1S/C27H32ClN3O2/c1-3-4-12-22(32)18-31(17-20-15-16-20)19-23-26(21-10-6-5-7-11-21)29-30(2)27(23)33-25-14-9-8-13-24(25)28/h3,5-11,13-14,20,22,32H,1,4,12,15-19H2,2H3/t22-/m1/s1. The summed E-state index contributed by atoms with van der Waals surface area (Å²) in [4.78, 5) is 2.34. The van der Waals surface area contributed by atoms with E-state index in [-0.39, 0.29) is 0 Å². The molecule has 174 valence electrons. The van der Waals surface area contributed by atoms with Crippen LogP contribution in [0.2, 0.25) is 5.02 Å². The second-order valence-corrected chi connectivity index (χ2v) is 9.22. The molecule has 4 rings (SSSR count). The third-order valence-corrected chi connectivity index (χ3v) is 6.26. The average molecular weight is 466 g/mol. The highest BCUT2D eigenvalue weighted by Crippen LogP contribution is 2.37. The third-order valence-electron chi connectivity index (χ3n) is 5.95. The molecule has 1 saturated carbocycles. The zero-order valence-corrected chi connectivity index (χ0v) is 19.9. The largest absolute Gasteiger partial charge is 0.437 e. The van der Waals surface area contributed by atoms with E-state index < -0.39 is 6.10 Å². The fourth-order valence-corrected chi connectivity index (χ4v) is 4.25. The fourth-order valence-electron chi connectivity index (χ4n) is 4.07. The number of halogens is 1. The van der Waals surface area contributed by atoms with E-state index >= 15 is 0 Å². The predicted octanol–water partition coefficient (Wildman–Crippen LogP) is 6.07. The van der Waals surface area contributed by atoms with Crippen LogP contribution in [0.3, 0.4) is 0 Å². The van der Waals surface area contributed by atoms with Crippen molar-refractivity contribution < 1.29 is 9.84 Å².